The van der Waals surface area contributed by atoms with E-state index in [1.165, 1.54) is 0 Å². The molecule has 0 aromatic carbocycles. The second-order valence-electron chi connectivity index (χ2n) is 1.62. The molecular formula is C4H9IO4. The van der Waals surface area contributed by atoms with Crippen molar-refractivity contribution in [3.8, 4) is 0 Å². The van der Waals surface area contributed by atoms with Crippen molar-refractivity contribution in [3.05, 3.63) is 0 Å². The summed E-state index contributed by atoms with van der Waals surface area (Å²) >= 11 is 2.17. The quantitative estimate of drug-likeness (QED) is 0.355. The van der Waals surface area contributed by atoms with E-state index in [9.17, 15) is 0 Å². The van der Waals surface area contributed by atoms with E-state index in [1.807, 2.05) is 6.92 Å². The molecule has 0 amide bonds. The fourth-order valence-electron chi connectivity index (χ4n) is 0.156. The Morgan fingerprint density at radius 2 is 2.00 bits per heavy atom. The van der Waals surface area contributed by atoms with Crippen molar-refractivity contribution in [1.82, 2.24) is 0 Å². The van der Waals surface area contributed by atoms with Crippen molar-refractivity contribution < 1.29 is 20.2 Å². The molecule has 0 aromatic heterocycles. The van der Waals surface area contributed by atoms with Gasteiger partial charge in [-0.25, -0.2) is 5.26 Å². The van der Waals surface area contributed by atoms with Gasteiger partial charge in [-0.3, -0.25) is 0 Å². The van der Waals surface area contributed by atoms with Gasteiger partial charge < -0.3 is 0 Å². The summed E-state index contributed by atoms with van der Waals surface area (Å²) in [5.41, 5.74) is 0. The third-order valence-electron chi connectivity index (χ3n) is 0.868. The molecule has 0 fully saturated rings. The van der Waals surface area contributed by atoms with Gasteiger partial charge in [0, 0.05) is 3.92 Å². The molecule has 0 radical (unpaired) electrons. The first-order chi connectivity index (χ1) is 4.18. The summed E-state index contributed by atoms with van der Waals surface area (Å²) in [4.78, 5) is 4.47. The fourth-order valence-corrected chi connectivity index (χ4v) is 0.276. The van der Waals surface area contributed by atoms with Gasteiger partial charge in [0.05, 0.1) is 0 Å². The van der Waals surface area contributed by atoms with Gasteiger partial charge in [-0.05, 0) is 17.0 Å². The molecule has 9 heavy (non-hydrogen) atoms. The summed E-state index contributed by atoms with van der Waals surface area (Å²) < 4.78 is 0.303. The minimum Gasteiger partial charge on any atom is -0.219 e. The van der Waals surface area contributed by atoms with Crippen LogP contribution >= 0.6 is 22.6 Å². The van der Waals surface area contributed by atoms with Gasteiger partial charge in [0.2, 0.25) is 0 Å². The summed E-state index contributed by atoms with van der Waals surface area (Å²) in [5, 5.41) is 14.7. The van der Waals surface area contributed by atoms with Gasteiger partial charge >= 0.3 is 0 Å². The molecule has 5 heteroatoms. The average Bonchev–Trinajstić information content (AvgIpc) is 1.82. The largest absolute Gasteiger partial charge is 0.219 e. The molecule has 0 saturated heterocycles. The van der Waals surface area contributed by atoms with Crippen molar-refractivity contribution in [1.29, 1.82) is 0 Å². The minimum absolute atomic E-state index is 0.0993. The molecule has 0 bridgehead atoms. The van der Waals surface area contributed by atoms with Gasteiger partial charge in [0.15, 0.2) is 0 Å². The van der Waals surface area contributed by atoms with E-state index >= 15 is 0 Å². The van der Waals surface area contributed by atoms with Crippen LogP contribution in [0.1, 0.15) is 13.8 Å². The Bertz CT molecular complexity index is 67.6. The van der Waals surface area contributed by atoms with Crippen molar-refractivity contribution >= 4 is 22.6 Å². The Kier molecular flexibility index (Phi) is 5.70. The maximum atomic E-state index is 7.65. The highest BCUT2D eigenvalue weighted by Gasteiger charge is 2.09. The van der Waals surface area contributed by atoms with E-state index in [-0.39, 0.29) is 6.10 Å². The second-order valence-corrected chi connectivity index (χ2v) is 3.59. The average molecular weight is 248 g/mol. The number of halogens is 1. The third-order valence-corrected chi connectivity index (χ3v) is 1.88. The molecular weight excluding hydrogens is 239 g/mol. The first-order valence-electron chi connectivity index (χ1n) is 2.46. The highest BCUT2D eigenvalue weighted by molar-refractivity contribution is 14.1. The summed E-state index contributed by atoms with van der Waals surface area (Å²) in [6.07, 6.45) is -0.0993. The summed E-state index contributed by atoms with van der Waals surface area (Å²) in [7, 11) is 0. The molecule has 0 aromatic rings. The second kappa shape index (κ2) is 5.36. The smallest absolute Gasteiger partial charge is 0.105 e. The minimum atomic E-state index is -0.0993. The van der Waals surface area contributed by atoms with Crippen LogP contribution in [0.5, 0.6) is 0 Å². The maximum Gasteiger partial charge on any atom is 0.105 e. The zero-order valence-electron chi connectivity index (χ0n) is 5.20. The van der Waals surface area contributed by atoms with E-state index in [0.717, 1.165) is 0 Å². The lowest BCUT2D eigenvalue weighted by Gasteiger charge is -2.09. The van der Waals surface area contributed by atoms with Crippen LogP contribution in [0.15, 0.2) is 0 Å². The molecule has 0 rings (SSSR count). The molecule has 2 atom stereocenters. The Labute approximate surface area is 67.0 Å². The molecule has 56 valence electrons. The molecule has 0 aliphatic heterocycles. The predicted octanol–water partition coefficient (Wildman–Crippen LogP) is 1.55. The monoisotopic (exact) mass is 248 g/mol. The number of alkyl halides is 1. The van der Waals surface area contributed by atoms with E-state index in [4.69, 9.17) is 5.26 Å². The number of hydrogen-bond donors (Lipinski definition) is 1. The van der Waals surface area contributed by atoms with Crippen molar-refractivity contribution in [2.24, 2.45) is 0 Å². The van der Waals surface area contributed by atoms with E-state index < -0.39 is 0 Å². The zero-order valence-corrected chi connectivity index (χ0v) is 7.36. The van der Waals surface area contributed by atoms with Crippen LogP contribution in [0.2, 0.25) is 0 Å². The van der Waals surface area contributed by atoms with Gasteiger partial charge in [-0.1, -0.05) is 29.5 Å². The Hall–Kier alpha value is 0.570. The molecule has 2 unspecified atom stereocenters. The normalized spacial score (nSPS) is 17.3. The lowest BCUT2D eigenvalue weighted by atomic mass is 10.3. The molecule has 0 heterocycles. The third kappa shape index (κ3) is 5.04. The highest BCUT2D eigenvalue weighted by Crippen LogP contribution is 2.08. The molecule has 1 N–H and O–H groups in total. The standard InChI is InChI=1S/C4H9IO4/c1-3(5)4(2)7-9-8-6/h3-4,6H,1-2H3. The topological polar surface area (TPSA) is 47.9 Å². The van der Waals surface area contributed by atoms with Crippen LogP contribution in [-0.4, -0.2) is 15.3 Å². The van der Waals surface area contributed by atoms with Crippen LogP contribution in [-0.2, 0) is 15.0 Å². The van der Waals surface area contributed by atoms with E-state index in [0.29, 0.717) is 3.92 Å². The van der Waals surface area contributed by atoms with Gasteiger partial charge in [0.1, 0.15) is 6.10 Å². The van der Waals surface area contributed by atoms with Crippen LogP contribution in [0.25, 0.3) is 0 Å². The number of rotatable bonds is 4. The molecule has 0 aliphatic carbocycles. The van der Waals surface area contributed by atoms with Crippen LogP contribution in [0.4, 0.5) is 0 Å². The van der Waals surface area contributed by atoms with Crippen LogP contribution in [0, 0.1) is 0 Å². The van der Waals surface area contributed by atoms with Gasteiger partial charge in [0.25, 0.3) is 0 Å². The molecule has 0 spiro atoms. The summed E-state index contributed by atoms with van der Waals surface area (Å²) in [6.45, 7) is 3.75. The van der Waals surface area contributed by atoms with Crippen molar-refractivity contribution in [2.45, 2.75) is 23.9 Å². The number of hydrogen-bond acceptors (Lipinski definition) is 4. The molecule has 0 aliphatic rings. The first kappa shape index (κ1) is 9.57. The Morgan fingerprint density at radius 3 is 2.33 bits per heavy atom. The SMILES string of the molecule is CC(I)C(C)OOOO. The first-order valence-corrected chi connectivity index (χ1v) is 3.70. The van der Waals surface area contributed by atoms with Crippen LogP contribution in [0.3, 0.4) is 0 Å². The van der Waals surface area contributed by atoms with Crippen LogP contribution < -0.4 is 0 Å². The maximum absolute atomic E-state index is 7.65. The molecule has 4 nitrogen and oxygen atoms in total. The summed E-state index contributed by atoms with van der Waals surface area (Å²) in [6, 6.07) is 0. The van der Waals surface area contributed by atoms with E-state index in [2.05, 4.69) is 37.6 Å². The lowest BCUT2D eigenvalue weighted by Crippen LogP contribution is -2.17. The van der Waals surface area contributed by atoms with Gasteiger partial charge in [-0.2, -0.15) is 4.89 Å². The lowest BCUT2D eigenvalue weighted by molar-refractivity contribution is -0.630. The molecule has 0 saturated carbocycles. The fraction of sp³-hybridized carbons (Fsp3) is 1.00. The van der Waals surface area contributed by atoms with Crippen molar-refractivity contribution in [3.63, 3.8) is 0 Å². The highest BCUT2D eigenvalue weighted by atomic mass is 127. The van der Waals surface area contributed by atoms with E-state index in [1.54, 1.807) is 6.92 Å². The predicted molar refractivity (Wildman–Crippen MR) is 38.8 cm³/mol. The zero-order chi connectivity index (χ0) is 7.28. The van der Waals surface area contributed by atoms with Gasteiger partial charge in [-0.15, -0.1) is 0 Å². The summed E-state index contributed by atoms with van der Waals surface area (Å²) in [5.74, 6) is 0. The Morgan fingerprint density at radius 1 is 1.44 bits per heavy atom. The van der Waals surface area contributed by atoms with Crippen molar-refractivity contribution in [2.75, 3.05) is 0 Å². The Balaban J connectivity index is 3.16.